The molecule has 2 N–H and O–H groups in total. The van der Waals surface area contributed by atoms with Gasteiger partial charge in [0.1, 0.15) is 0 Å². The summed E-state index contributed by atoms with van der Waals surface area (Å²) >= 11 is 0. The van der Waals surface area contributed by atoms with Gasteiger partial charge in [-0.2, -0.15) is 0 Å². The van der Waals surface area contributed by atoms with Crippen LogP contribution in [-0.2, 0) is 0 Å². The first-order chi connectivity index (χ1) is 9.24. The largest absolute Gasteiger partial charge is 0.478 e. The van der Waals surface area contributed by atoms with Gasteiger partial charge in [0.25, 0.3) is 0 Å². The average molecular weight is 261 g/mol. The van der Waals surface area contributed by atoms with Crippen LogP contribution in [0.25, 0.3) is 0 Å². The fourth-order valence-electron chi connectivity index (χ4n) is 3.27. The van der Waals surface area contributed by atoms with E-state index in [1.54, 1.807) is 12.3 Å². The fourth-order valence-corrected chi connectivity index (χ4v) is 3.27. The second-order valence-electron chi connectivity index (χ2n) is 5.42. The van der Waals surface area contributed by atoms with E-state index in [-0.39, 0.29) is 0 Å². The van der Waals surface area contributed by atoms with Gasteiger partial charge in [-0.1, -0.05) is 0 Å². The molecule has 0 aliphatic carbocycles. The monoisotopic (exact) mass is 261 g/mol. The van der Waals surface area contributed by atoms with Crippen LogP contribution < -0.4 is 5.32 Å². The minimum absolute atomic E-state index is 0.309. The van der Waals surface area contributed by atoms with Crippen molar-refractivity contribution in [2.45, 2.75) is 37.8 Å². The van der Waals surface area contributed by atoms with E-state index in [2.05, 4.69) is 15.2 Å². The van der Waals surface area contributed by atoms with Crippen LogP contribution in [-0.4, -0.2) is 46.1 Å². The number of aromatic carboxylic acids is 1. The summed E-state index contributed by atoms with van der Waals surface area (Å²) in [7, 11) is 0. The molecular weight excluding hydrogens is 242 g/mol. The Labute approximate surface area is 112 Å². The molecular formula is C14H19N3O2. The zero-order chi connectivity index (χ0) is 13.2. The maximum Gasteiger partial charge on any atom is 0.337 e. The van der Waals surface area contributed by atoms with E-state index in [4.69, 9.17) is 5.11 Å². The van der Waals surface area contributed by atoms with Crippen LogP contribution in [0.3, 0.4) is 0 Å². The number of fused-ring (bicyclic) bond motifs is 1. The average Bonchev–Trinajstić information content (AvgIpc) is 2.86. The molecule has 2 aliphatic heterocycles. The van der Waals surface area contributed by atoms with Gasteiger partial charge in [0.15, 0.2) is 0 Å². The lowest BCUT2D eigenvalue weighted by Crippen LogP contribution is -2.42. The molecule has 0 spiro atoms. The van der Waals surface area contributed by atoms with Crippen molar-refractivity contribution < 1.29 is 9.90 Å². The van der Waals surface area contributed by atoms with Gasteiger partial charge in [0, 0.05) is 24.8 Å². The number of anilines is 1. The molecule has 5 nitrogen and oxygen atoms in total. The molecule has 2 aliphatic rings. The van der Waals surface area contributed by atoms with Crippen LogP contribution in [0.4, 0.5) is 5.69 Å². The highest BCUT2D eigenvalue weighted by atomic mass is 16.4. The number of aromatic nitrogens is 1. The van der Waals surface area contributed by atoms with Crippen molar-refractivity contribution in [3.63, 3.8) is 0 Å². The number of rotatable bonds is 3. The molecule has 0 bridgehead atoms. The maximum atomic E-state index is 11.2. The molecule has 0 amide bonds. The lowest BCUT2D eigenvalue weighted by molar-refractivity contribution is 0.0697. The molecule has 2 atom stereocenters. The fraction of sp³-hybridized carbons (Fsp3) is 0.571. The molecule has 1 aromatic rings. The minimum atomic E-state index is -0.900. The molecule has 1 aromatic heterocycles. The third kappa shape index (κ3) is 2.56. The van der Waals surface area contributed by atoms with Gasteiger partial charge >= 0.3 is 5.97 Å². The SMILES string of the molecule is O=C(O)c1ccncc1NC1CCN2CCCC2C1. The van der Waals surface area contributed by atoms with E-state index in [1.165, 1.54) is 25.6 Å². The first kappa shape index (κ1) is 12.4. The Morgan fingerprint density at radius 3 is 3.16 bits per heavy atom. The van der Waals surface area contributed by atoms with Gasteiger partial charge in [0.2, 0.25) is 0 Å². The molecule has 0 saturated carbocycles. The van der Waals surface area contributed by atoms with Crippen LogP contribution in [0, 0.1) is 0 Å². The van der Waals surface area contributed by atoms with Crippen molar-refractivity contribution in [3.05, 3.63) is 24.0 Å². The molecule has 0 aromatic carbocycles. The third-order valence-electron chi connectivity index (χ3n) is 4.23. The van der Waals surface area contributed by atoms with E-state index in [1.807, 2.05) is 0 Å². The van der Waals surface area contributed by atoms with Crippen LogP contribution in [0.1, 0.15) is 36.0 Å². The molecule has 3 heterocycles. The number of pyridine rings is 1. The molecule has 2 fully saturated rings. The molecule has 102 valence electrons. The van der Waals surface area contributed by atoms with E-state index in [0.717, 1.165) is 19.4 Å². The summed E-state index contributed by atoms with van der Waals surface area (Å²) in [5.74, 6) is -0.900. The molecule has 2 saturated heterocycles. The van der Waals surface area contributed by atoms with Gasteiger partial charge in [-0.25, -0.2) is 4.79 Å². The Kier molecular flexibility index (Phi) is 3.38. The van der Waals surface area contributed by atoms with Gasteiger partial charge in [-0.15, -0.1) is 0 Å². The summed E-state index contributed by atoms with van der Waals surface area (Å²) in [6, 6.07) is 2.59. The number of hydrogen-bond donors (Lipinski definition) is 2. The van der Waals surface area contributed by atoms with E-state index < -0.39 is 5.97 Å². The van der Waals surface area contributed by atoms with Crippen molar-refractivity contribution in [1.82, 2.24) is 9.88 Å². The quantitative estimate of drug-likeness (QED) is 0.869. The summed E-state index contributed by atoms with van der Waals surface area (Å²) in [5, 5.41) is 12.5. The van der Waals surface area contributed by atoms with Gasteiger partial charge in [0.05, 0.1) is 17.4 Å². The Hall–Kier alpha value is -1.62. The molecule has 3 rings (SSSR count). The highest BCUT2D eigenvalue weighted by molar-refractivity contribution is 5.93. The number of carboxylic acid groups (broad SMARTS) is 1. The third-order valence-corrected chi connectivity index (χ3v) is 4.23. The number of nitrogens with zero attached hydrogens (tertiary/aromatic N) is 2. The van der Waals surface area contributed by atoms with Crippen molar-refractivity contribution >= 4 is 11.7 Å². The van der Waals surface area contributed by atoms with E-state index in [0.29, 0.717) is 23.3 Å². The highest BCUT2D eigenvalue weighted by Gasteiger charge is 2.31. The number of nitrogens with one attached hydrogen (secondary N) is 1. The Bertz CT molecular complexity index is 478. The summed E-state index contributed by atoms with van der Waals surface area (Å²) in [4.78, 5) is 17.7. The second kappa shape index (κ2) is 5.17. The second-order valence-corrected chi connectivity index (χ2v) is 5.42. The van der Waals surface area contributed by atoms with Gasteiger partial charge in [-0.05, 0) is 38.3 Å². The van der Waals surface area contributed by atoms with Gasteiger partial charge in [-0.3, -0.25) is 4.98 Å². The minimum Gasteiger partial charge on any atom is -0.478 e. The first-order valence-corrected chi connectivity index (χ1v) is 6.92. The van der Waals surface area contributed by atoms with E-state index >= 15 is 0 Å². The standard InChI is InChI=1S/C14H19N3O2/c18-14(19)12-3-5-15-9-13(12)16-10-4-7-17-6-1-2-11(17)8-10/h3,5,9-11,16H,1-2,4,6-8H2,(H,18,19). The van der Waals surface area contributed by atoms with Crippen LogP contribution in [0.2, 0.25) is 0 Å². The van der Waals surface area contributed by atoms with E-state index in [9.17, 15) is 4.79 Å². The first-order valence-electron chi connectivity index (χ1n) is 6.92. The highest BCUT2D eigenvalue weighted by Crippen LogP contribution is 2.29. The maximum absolute atomic E-state index is 11.2. The number of carboxylic acids is 1. The van der Waals surface area contributed by atoms with Crippen molar-refractivity contribution in [3.8, 4) is 0 Å². The summed E-state index contributed by atoms with van der Waals surface area (Å²) < 4.78 is 0. The van der Waals surface area contributed by atoms with Crippen LogP contribution in [0.5, 0.6) is 0 Å². The summed E-state index contributed by atoms with van der Waals surface area (Å²) in [6.07, 6.45) is 7.89. The Morgan fingerprint density at radius 1 is 1.42 bits per heavy atom. The predicted molar refractivity (Wildman–Crippen MR) is 72.4 cm³/mol. The Morgan fingerprint density at radius 2 is 2.32 bits per heavy atom. The van der Waals surface area contributed by atoms with Crippen molar-refractivity contribution in [1.29, 1.82) is 0 Å². The molecule has 0 radical (unpaired) electrons. The lowest BCUT2D eigenvalue weighted by atomic mass is 9.97. The summed E-state index contributed by atoms with van der Waals surface area (Å²) in [5.41, 5.74) is 0.954. The summed E-state index contributed by atoms with van der Waals surface area (Å²) in [6.45, 7) is 2.34. The zero-order valence-corrected chi connectivity index (χ0v) is 10.9. The van der Waals surface area contributed by atoms with Crippen molar-refractivity contribution in [2.24, 2.45) is 0 Å². The van der Waals surface area contributed by atoms with Gasteiger partial charge < -0.3 is 15.3 Å². The molecule has 5 heteroatoms. The van der Waals surface area contributed by atoms with Crippen LogP contribution >= 0.6 is 0 Å². The normalized spacial score (nSPS) is 26.9. The number of hydrogen-bond acceptors (Lipinski definition) is 4. The zero-order valence-electron chi connectivity index (χ0n) is 10.9. The molecule has 2 unspecified atom stereocenters. The predicted octanol–water partition coefficient (Wildman–Crippen LogP) is 1.82. The molecule has 19 heavy (non-hydrogen) atoms. The topological polar surface area (TPSA) is 65.5 Å². The number of carbonyl (C=O) groups is 1. The smallest absolute Gasteiger partial charge is 0.337 e. The lowest BCUT2D eigenvalue weighted by Gasteiger charge is -2.35. The Balaban J connectivity index is 1.70. The van der Waals surface area contributed by atoms with Crippen LogP contribution in [0.15, 0.2) is 18.5 Å². The van der Waals surface area contributed by atoms with Crippen molar-refractivity contribution in [2.75, 3.05) is 18.4 Å². The number of piperidine rings is 1.